The van der Waals surface area contributed by atoms with Crippen molar-refractivity contribution in [1.29, 1.82) is 0 Å². The van der Waals surface area contributed by atoms with Crippen LogP contribution in [-0.2, 0) is 0 Å². The molecule has 0 atom stereocenters. The molecule has 5 heteroatoms. The second kappa shape index (κ2) is 9.75. The number of benzene rings is 6. The van der Waals surface area contributed by atoms with E-state index in [0.29, 0.717) is 11.8 Å². The van der Waals surface area contributed by atoms with Gasteiger partial charge >= 0.3 is 0 Å². The van der Waals surface area contributed by atoms with Gasteiger partial charge in [0.1, 0.15) is 5.52 Å². The summed E-state index contributed by atoms with van der Waals surface area (Å²) in [6.45, 7) is 0. The third kappa shape index (κ3) is 3.91. The van der Waals surface area contributed by atoms with Gasteiger partial charge in [-0.05, 0) is 59.7 Å². The third-order valence-corrected chi connectivity index (χ3v) is 8.27. The number of aromatic nitrogens is 4. The fourth-order valence-electron chi connectivity index (χ4n) is 6.15. The van der Waals surface area contributed by atoms with Crippen molar-refractivity contribution in [1.82, 2.24) is 19.5 Å². The van der Waals surface area contributed by atoms with E-state index in [1.54, 1.807) is 0 Å². The second-order valence-electron chi connectivity index (χ2n) is 10.9. The van der Waals surface area contributed by atoms with E-state index in [-0.39, 0.29) is 0 Å². The fraction of sp³-hybridized carbons (Fsp3) is 0. The molecule has 0 fully saturated rings. The van der Waals surface area contributed by atoms with Crippen LogP contribution in [0.5, 0.6) is 0 Å². The molecule has 0 saturated heterocycles. The van der Waals surface area contributed by atoms with Gasteiger partial charge in [0.2, 0.25) is 11.8 Å². The van der Waals surface area contributed by atoms with Crippen molar-refractivity contribution in [3.63, 3.8) is 0 Å². The van der Waals surface area contributed by atoms with Gasteiger partial charge in [-0.25, -0.2) is 15.0 Å². The van der Waals surface area contributed by atoms with Crippen LogP contribution in [-0.4, -0.2) is 19.5 Å². The summed E-state index contributed by atoms with van der Waals surface area (Å²) in [4.78, 5) is 14.9. The molecule has 44 heavy (non-hydrogen) atoms. The molecule has 9 rings (SSSR count). The molecule has 0 aliphatic carbocycles. The van der Waals surface area contributed by atoms with Crippen molar-refractivity contribution in [2.24, 2.45) is 0 Å². The van der Waals surface area contributed by atoms with Crippen molar-refractivity contribution in [3.8, 4) is 39.8 Å². The van der Waals surface area contributed by atoms with E-state index in [1.807, 2.05) is 54.6 Å². The van der Waals surface area contributed by atoms with Gasteiger partial charge < -0.3 is 4.42 Å². The maximum absolute atomic E-state index is 5.99. The number of nitrogens with zero attached hydrogens (tertiary/aromatic N) is 4. The molecule has 0 spiro atoms. The van der Waals surface area contributed by atoms with Crippen LogP contribution in [0.1, 0.15) is 0 Å². The zero-order valence-corrected chi connectivity index (χ0v) is 23.6. The molecule has 0 radical (unpaired) electrons. The summed E-state index contributed by atoms with van der Waals surface area (Å²) in [5.41, 5.74) is 9.89. The van der Waals surface area contributed by atoms with Gasteiger partial charge in [-0.3, -0.25) is 4.57 Å². The Morgan fingerprint density at radius 2 is 1.09 bits per heavy atom. The van der Waals surface area contributed by atoms with Crippen LogP contribution in [0.15, 0.2) is 150 Å². The van der Waals surface area contributed by atoms with Crippen LogP contribution in [0.4, 0.5) is 0 Å². The monoisotopic (exact) mass is 564 g/mol. The number of oxazole rings is 1. The summed E-state index contributed by atoms with van der Waals surface area (Å²) in [7, 11) is 0. The van der Waals surface area contributed by atoms with E-state index in [0.717, 1.165) is 71.8 Å². The molecule has 0 aliphatic heterocycles. The Bertz CT molecular complexity index is 2460. The molecular weight excluding hydrogens is 540 g/mol. The van der Waals surface area contributed by atoms with Crippen molar-refractivity contribution >= 4 is 43.8 Å². The molecule has 3 heterocycles. The molecule has 0 bridgehead atoms. The highest BCUT2D eigenvalue weighted by Crippen LogP contribution is 2.36. The van der Waals surface area contributed by atoms with Crippen molar-refractivity contribution in [2.75, 3.05) is 0 Å². The van der Waals surface area contributed by atoms with Crippen molar-refractivity contribution in [3.05, 3.63) is 146 Å². The first-order valence-electron chi connectivity index (χ1n) is 14.6. The van der Waals surface area contributed by atoms with E-state index in [4.69, 9.17) is 14.4 Å². The van der Waals surface area contributed by atoms with Crippen LogP contribution in [0.2, 0.25) is 0 Å². The summed E-state index contributed by atoms with van der Waals surface area (Å²) < 4.78 is 8.17. The number of fused-ring (bicyclic) bond motifs is 5. The zero-order valence-electron chi connectivity index (χ0n) is 23.6. The molecule has 0 amide bonds. The zero-order chi connectivity index (χ0) is 29.0. The Morgan fingerprint density at radius 3 is 1.93 bits per heavy atom. The van der Waals surface area contributed by atoms with Gasteiger partial charge in [0.25, 0.3) is 0 Å². The van der Waals surface area contributed by atoms with Gasteiger partial charge in [0.15, 0.2) is 5.58 Å². The molecule has 6 aromatic carbocycles. The number of hydrogen-bond acceptors (Lipinski definition) is 4. The molecule has 9 aromatic rings. The maximum atomic E-state index is 5.99. The molecule has 0 saturated carbocycles. The Morgan fingerprint density at radius 1 is 0.432 bits per heavy atom. The maximum Gasteiger partial charge on any atom is 0.235 e. The minimum atomic E-state index is 0.626. The predicted octanol–water partition coefficient (Wildman–Crippen LogP) is 9.87. The highest BCUT2D eigenvalue weighted by Gasteiger charge is 2.18. The van der Waals surface area contributed by atoms with E-state index >= 15 is 0 Å². The Kier molecular flexibility index (Phi) is 5.43. The SMILES string of the molecule is c1ccc(-c2nc(-n3c4ccccc4c4cc(-c5ccc(-c6nc7ccccc7o6)cc5)ccc43)nc3ccccc23)cc1. The lowest BCUT2D eigenvalue weighted by Crippen LogP contribution is -2.03. The fourth-order valence-corrected chi connectivity index (χ4v) is 6.15. The van der Waals surface area contributed by atoms with Crippen molar-refractivity contribution < 1.29 is 4.42 Å². The number of hydrogen-bond donors (Lipinski definition) is 0. The summed E-state index contributed by atoms with van der Waals surface area (Å²) in [6, 6.07) is 49.9. The lowest BCUT2D eigenvalue weighted by atomic mass is 10.0. The standard InChI is InChI=1S/C39H24N4O/c1-2-10-26(11-3-1)37-30-13-4-6-14-32(30)41-39(42-37)43-34-16-8-5-12-29(34)31-24-28(22-23-35(31)43)25-18-20-27(21-19-25)38-40-33-15-7-9-17-36(33)44-38/h1-24H. The van der Waals surface area contributed by atoms with Crippen molar-refractivity contribution in [2.45, 2.75) is 0 Å². The summed E-state index contributed by atoms with van der Waals surface area (Å²) in [5, 5.41) is 3.34. The molecule has 206 valence electrons. The van der Waals surface area contributed by atoms with E-state index in [9.17, 15) is 0 Å². The van der Waals surface area contributed by atoms with Gasteiger partial charge in [-0.2, -0.15) is 0 Å². The summed E-state index contributed by atoms with van der Waals surface area (Å²) >= 11 is 0. The highest BCUT2D eigenvalue weighted by atomic mass is 16.3. The molecule has 5 nitrogen and oxygen atoms in total. The average Bonchev–Trinajstić information content (AvgIpc) is 3.68. The van der Waals surface area contributed by atoms with Gasteiger partial charge in [-0.1, -0.05) is 97.1 Å². The first-order chi connectivity index (χ1) is 21.8. The number of rotatable bonds is 4. The largest absolute Gasteiger partial charge is 0.436 e. The smallest absolute Gasteiger partial charge is 0.235 e. The Hall–Kier alpha value is -6.07. The molecule has 0 unspecified atom stereocenters. The normalized spacial score (nSPS) is 11.6. The predicted molar refractivity (Wildman–Crippen MR) is 178 cm³/mol. The summed E-state index contributed by atoms with van der Waals surface area (Å²) in [6.07, 6.45) is 0. The minimum Gasteiger partial charge on any atom is -0.436 e. The van der Waals surface area contributed by atoms with Crippen LogP contribution in [0.25, 0.3) is 83.6 Å². The lowest BCUT2D eigenvalue weighted by Gasteiger charge is -2.12. The van der Waals surface area contributed by atoms with E-state index in [1.165, 1.54) is 0 Å². The van der Waals surface area contributed by atoms with Gasteiger partial charge in [-0.15, -0.1) is 0 Å². The molecule has 0 aliphatic rings. The lowest BCUT2D eigenvalue weighted by molar-refractivity contribution is 0.620. The number of para-hydroxylation sites is 4. The van der Waals surface area contributed by atoms with Crippen LogP contribution in [0.3, 0.4) is 0 Å². The quantitative estimate of drug-likeness (QED) is 0.213. The molecule has 0 N–H and O–H groups in total. The van der Waals surface area contributed by atoms with E-state index in [2.05, 4.69) is 101 Å². The van der Waals surface area contributed by atoms with Crippen LogP contribution >= 0.6 is 0 Å². The first kappa shape index (κ1) is 24.5. The van der Waals surface area contributed by atoms with E-state index < -0.39 is 0 Å². The van der Waals surface area contributed by atoms with Gasteiger partial charge in [0, 0.05) is 27.3 Å². The topological polar surface area (TPSA) is 56.7 Å². The van der Waals surface area contributed by atoms with Crippen LogP contribution < -0.4 is 0 Å². The average molecular weight is 565 g/mol. The Labute approximate surface area is 252 Å². The second-order valence-corrected chi connectivity index (χ2v) is 10.9. The molecular formula is C39H24N4O. The molecule has 3 aromatic heterocycles. The Balaban J connectivity index is 1.19. The summed E-state index contributed by atoms with van der Waals surface area (Å²) in [5.74, 6) is 1.28. The first-order valence-corrected chi connectivity index (χ1v) is 14.6. The van der Waals surface area contributed by atoms with Crippen LogP contribution in [0, 0.1) is 0 Å². The highest BCUT2D eigenvalue weighted by molar-refractivity contribution is 6.10. The third-order valence-electron chi connectivity index (χ3n) is 8.27. The van der Waals surface area contributed by atoms with Gasteiger partial charge in [0.05, 0.1) is 22.2 Å². The minimum absolute atomic E-state index is 0.626.